The first-order chi connectivity index (χ1) is 7.56. The van der Waals surface area contributed by atoms with E-state index in [1.165, 1.54) is 6.07 Å². The summed E-state index contributed by atoms with van der Waals surface area (Å²) in [6.07, 6.45) is 0. The molecule has 0 atom stereocenters. The van der Waals surface area contributed by atoms with Crippen LogP contribution >= 0.6 is 34.5 Å². The molecule has 16 heavy (non-hydrogen) atoms. The number of aromatic nitrogens is 1. The van der Waals surface area contributed by atoms with Crippen molar-refractivity contribution in [2.45, 2.75) is 6.92 Å². The molecule has 2 aromatic heterocycles. The van der Waals surface area contributed by atoms with Crippen LogP contribution in [-0.4, -0.2) is 11.1 Å². The molecule has 0 fully saturated rings. The van der Waals surface area contributed by atoms with E-state index in [9.17, 15) is 4.79 Å². The number of carbonyl (C=O) groups excluding carboxylic acids is 1. The van der Waals surface area contributed by atoms with Crippen LogP contribution in [0.2, 0.25) is 9.36 Å². The molecule has 0 unspecified atom stereocenters. The van der Waals surface area contributed by atoms with Crippen molar-refractivity contribution in [3.05, 3.63) is 32.1 Å². The zero-order chi connectivity index (χ0) is 11.7. The lowest BCUT2D eigenvalue weighted by molar-refractivity contribution is 0.102. The lowest BCUT2D eigenvalue weighted by atomic mass is 10.4. The van der Waals surface area contributed by atoms with E-state index in [4.69, 9.17) is 27.7 Å². The van der Waals surface area contributed by atoms with E-state index in [1.807, 2.05) is 0 Å². The highest BCUT2D eigenvalue weighted by Crippen LogP contribution is 2.31. The molecule has 0 aliphatic heterocycles. The molecule has 0 aliphatic carbocycles. The van der Waals surface area contributed by atoms with E-state index in [0.717, 1.165) is 11.3 Å². The SMILES string of the molecule is Cc1cc(NC(=O)c2cc(Cl)c(Cl)s2)no1. The number of rotatable bonds is 2. The van der Waals surface area contributed by atoms with Gasteiger partial charge in [-0.05, 0) is 13.0 Å². The van der Waals surface area contributed by atoms with Crippen LogP contribution in [0.25, 0.3) is 0 Å². The first-order valence-electron chi connectivity index (χ1n) is 4.26. The fourth-order valence-electron chi connectivity index (χ4n) is 1.06. The van der Waals surface area contributed by atoms with Crippen LogP contribution in [0, 0.1) is 6.92 Å². The van der Waals surface area contributed by atoms with E-state index < -0.39 is 0 Å². The van der Waals surface area contributed by atoms with Gasteiger partial charge in [-0.1, -0.05) is 28.4 Å². The van der Waals surface area contributed by atoms with Crippen molar-refractivity contribution in [3.63, 3.8) is 0 Å². The summed E-state index contributed by atoms with van der Waals surface area (Å²) in [5.74, 6) is 0.674. The smallest absolute Gasteiger partial charge is 0.267 e. The molecule has 4 nitrogen and oxygen atoms in total. The van der Waals surface area contributed by atoms with Crippen LogP contribution in [0.5, 0.6) is 0 Å². The average molecular weight is 277 g/mol. The molecular formula is C9H6Cl2N2O2S. The molecule has 2 heterocycles. The third-order valence-electron chi connectivity index (χ3n) is 1.74. The summed E-state index contributed by atoms with van der Waals surface area (Å²) in [7, 11) is 0. The second-order valence-electron chi connectivity index (χ2n) is 3.01. The van der Waals surface area contributed by atoms with E-state index in [1.54, 1.807) is 13.0 Å². The van der Waals surface area contributed by atoms with Crippen molar-refractivity contribution in [3.8, 4) is 0 Å². The summed E-state index contributed by atoms with van der Waals surface area (Å²) in [5.41, 5.74) is 0. The highest BCUT2D eigenvalue weighted by atomic mass is 35.5. The lowest BCUT2D eigenvalue weighted by Crippen LogP contribution is -2.10. The van der Waals surface area contributed by atoms with Gasteiger partial charge in [-0.3, -0.25) is 4.79 Å². The standard InChI is InChI=1S/C9H6Cl2N2O2S/c1-4-2-7(13-15-4)12-9(14)6-3-5(10)8(11)16-6/h2-3H,1H3,(H,12,13,14). The molecule has 0 aromatic carbocycles. The van der Waals surface area contributed by atoms with Crippen LogP contribution in [-0.2, 0) is 0 Å². The monoisotopic (exact) mass is 276 g/mol. The zero-order valence-electron chi connectivity index (χ0n) is 8.08. The van der Waals surface area contributed by atoms with Gasteiger partial charge in [0.2, 0.25) is 0 Å². The Hall–Kier alpha value is -1.04. The first-order valence-corrected chi connectivity index (χ1v) is 5.83. The predicted molar refractivity (Wildman–Crippen MR) is 63.5 cm³/mol. The summed E-state index contributed by atoms with van der Waals surface area (Å²) < 4.78 is 5.21. The van der Waals surface area contributed by atoms with E-state index in [2.05, 4.69) is 10.5 Å². The van der Waals surface area contributed by atoms with Gasteiger partial charge >= 0.3 is 0 Å². The number of hydrogen-bond acceptors (Lipinski definition) is 4. The number of hydrogen-bond donors (Lipinski definition) is 1. The van der Waals surface area contributed by atoms with Crippen molar-refractivity contribution < 1.29 is 9.32 Å². The van der Waals surface area contributed by atoms with Gasteiger partial charge in [0.05, 0.1) is 9.90 Å². The number of aryl methyl sites for hydroxylation is 1. The molecule has 7 heteroatoms. The van der Waals surface area contributed by atoms with Crippen LogP contribution in [0.1, 0.15) is 15.4 Å². The molecule has 0 bridgehead atoms. The fraction of sp³-hybridized carbons (Fsp3) is 0.111. The van der Waals surface area contributed by atoms with Gasteiger partial charge in [-0.2, -0.15) is 0 Å². The van der Waals surface area contributed by atoms with E-state index in [-0.39, 0.29) is 5.91 Å². The molecule has 0 spiro atoms. The zero-order valence-corrected chi connectivity index (χ0v) is 10.4. The van der Waals surface area contributed by atoms with Gasteiger partial charge in [-0.15, -0.1) is 11.3 Å². The van der Waals surface area contributed by atoms with Crippen molar-refractivity contribution in [1.82, 2.24) is 5.16 Å². The van der Waals surface area contributed by atoms with Crippen molar-refractivity contribution in [2.75, 3.05) is 5.32 Å². The Morgan fingerprint density at radius 1 is 1.50 bits per heavy atom. The summed E-state index contributed by atoms with van der Waals surface area (Å²) in [6.45, 7) is 1.74. The average Bonchev–Trinajstić information content (AvgIpc) is 2.75. The number of halogens is 2. The maximum absolute atomic E-state index is 11.7. The van der Waals surface area contributed by atoms with Crippen molar-refractivity contribution in [1.29, 1.82) is 0 Å². The van der Waals surface area contributed by atoms with Gasteiger partial charge < -0.3 is 9.84 Å². The summed E-state index contributed by atoms with van der Waals surface area (Å²) in [5, 5.41) is 6.58. The minimum atomic E-state index is -0.313. The van der Waals surface area contributed by atoms with Gasteiger partial charge in [0.25, 0.3) is 5.91 Å². The Morgan fingerprint density at radius 3 is 2.75 bits per heavy atom. The second kappa shape index (κ2) is 4.45. The van der Waals surface area contributed by atoms with Crippen LogP contribution in [0.4, 0.5) is 5.82 Å². The fourth-order valence-corrected chi connectivity index (χ4v) is 2.33. The molecule has 0 saturated carbocycles. The molecule has 0 saturated heterocycles. The number of anilines is 1. The molecule has 1 N–H and O–H groups in total. The third kappa shape index (κ3) is 2.37. The van der Waals surface area contributed by atoms with Gasteiger partial charge in [0.15, 0.2) is 5.82 Å². The Balaban J connectivity index is 2.14. The highest BCUT2D eigenvalue weighted by Gasteiger charge is 2.13. The van der Waals surface area contributed by atoms with Gasteiger partial charge in [0.1, 0.15) is 10.1 Å². The molecular weight excluding hydrogens is 271 g/mol. The molecule has 2 rings (SSSR count). The van der Waals surface area contributed by atoms with Crippen LogP contribution < -0.4 is 5.32 Å². The molecule has 1 amide bonds. The van der Waals surface area contributed by atoms with Gasteiger partial charge in [0, 0.05) is 6.07 Å². The molecule has 0 radical (unpaired) electrons. The highest BCUT2D eigenvalue weighted by molar-refractivity contribution is 7.18. The number of nitrogens with one attached hydrogen (secondary N) is 1. The van der Waals surface area contributed by atoms with Crippen molar-refractivity contribution >= 4 is 46.3 Å². The van der Waals surface area contributed by atoms with Gasteiger partial charge in [-0.25, -0.2) is 0 Å². The number of nitrogens with zero attached hydrogens (tertiary/aromatic N) is 1. The second-order valence-corrected chi connectivity index (χ2v) is 5.07. The summed E-state index contributed by atoms with van der Waals surface area (Å²) >= 11 is 12.6. The van der Waals surface area contributed by atoms with Crippen LogP contribution in [0.15, 0.2) is 16.7 Å². The minimum absolute atomic E-state index is 0.313. The lowest BCUT2D eigenvalue weighted by Gasteiger charge is -1.96. The maximum atomic E-state index is 11.7. The Bertz CT molecular complexity index is 516. The Kier molecular flexibility index (Phi) is 3.18. The number of carbonyl (C=O) groups is 1. The predicted octanol–water partition coefficient (Wildman–Crippen LogP) is 3.60. The summed E-state index contributed by atoms with van der Waals surface area (Å²) in [4.78, 5) is 12.1. The maximum Gasteiger partial charge on any atom is 0.267 e. The topological polar surface area (TPSA) is 55.1 Å². The van der Waals surface area contributed by atoms with E-state index in [0.29, 0.717) is 25.8 Å². The Morgan fingerprint density at radius 2 is 2.25 bits per heavy atom. The first kappa shape index (κ1) is 11.4. The van der Waals surface area contributed by atoms with Crippen LogP contribution in [0.3, 0.4) is 0 Å². The summed E-state index contributed by atoms with van der Waals surface area (Å²) in [6, 6.07) is 3.13. The quantitative estimate of drug-likeness (QED) is 0.912. The van der Waals surface area contributed by atoms with E-state index >= 15 is 0 Å². The molecule has 0 aliphatic rings. The third-order valence-corrected chi connectivity index (χ3v) is 3.60. The minimum Gasteiger partial charge on any atom is -0.360 e. The Labute approximate surface area is 105 Å². The number of thiophene rings is 1. The largest absolute Gasteiger partial charge is 0.360 e. The van der Waals surface area contributed by atoms with Crippen molar-refractivity contribution in [2.24, 2.45) is 0 Å². The molecule has 2 aromatic rings. The molecule has 84 valence electrons. The normalized spacial score (nSPS) is 10.4. The number of amides is 1.